The van der Waals surface area contributed by atoms with Crippen LogP contribution in [0.2, 0.25) is 0 Å². The first-order valence-corrected chi connectivity index (χ1v) is 3.47. The van der Waals surface area contributed by atoms with Crippen LogP contribution in [0.25, 0.3) is 0 Å². The van der Waals surface area contributed by atoms with Crippen LogP contribution in [-0.2, 0) is 0 Å². The Kier molecular flexibility index (Phi) is 2.93. The second kappa shape index (κ2) is 3.77. The highest BCUT2D eigenvalue weighted by molar-refractivity contribution is 6.52. The highest BCUT2D eigenvalue weighted by atomic mass is 16.4. The minimum atomic E-state index is -1.55. The van der Waals surface area contributed by atoms with Crippen molar-refractivity contribution in [2.75, 3.05) is 6.54 Å². The van der Waals surface area contributed by atoms with Gasteiger partial charge in [0.25, 0.3) is 0 Å². The summed E-state index contributed by atoms with van der Waals surface area (Å²) >= 11 is 0. The van der Waals surface area contributed by atoms with Crippen molar-refractivity contribution in [2.24, 2.45) is 0 Å². The predicted octanol–water partition coefficient (Wildman–Crippen LogP) is -2.28. The van der Waals surface area contributed by atoms with Gasteiger partial charge in [-0.3, -0.25) is 0 Å². The summed E-state index contributed by atoms with van der Waals surface area (Å²) in [5, 5.41) is 34.7. The van der Waals surface area contributed by atoms with E-state index in [1.807, 2.05) is 0 Å². The molecular formula is C5H9B2NO4. The quantitative estimate of drug-likeness (QED) is 0.350. The fraction of sp³-hybridized carbons (Fsp3) is 0.200. The molecule has 1 rings (SSSR count). The van der Waals surface area contributed by atoms with Crippen LogP contribution in [0.5, 0.6) is 0 Å². The monoisotopic (exact) mass is 169 g/mol. The zero-order valence-corrected chi connectivity index (χ0v) is 6.33. The van der Waals surface area contributed by atoms with E-state index in [2.05, 4.69) is 0 Å². The maximum atomic E-state index is 8.69. The second-order valence-electron chi connectivity index (χ2n) is 2.44. The van der Waals surface area contributed by atoms with Crippen molar-refractivity contribution in [1.82, 2.24) is 4.81 Å². The first kappa shape index (κ1) is 9.34. The van der Waals surface area contributed by atoms with Gasteiger partial charge in [-0.25, -0.2) is 0 Å². The van der Waals surface area contributed by atoms with Crippen LogP contribution in [-0.4, -0.2) is 45.8 Å². The summed E-state index contributed by atoms with van der Waals surface area (Å²) in [6.07, 6.45) is 4.30. The van der Waals surface area contributed by atoms with Gasteiger partial charge in [-0.1, -0.05) is 6.08 Å². The maximum absolute atomic E-state index is 8.69. The van der Waals surface area contributed by atoms with Gasteiger partial charge >= 0.3 is 14.4 Å². The lowest BCUT2D eigenvalue weighted by atomic mass is 9.78. The molecule has 0 unspecified atom stereocenters. The average molecular weight is 169 g/mol. The fourth-order valence-corrected chi connectivity index (χ4v) is 0.884. The van der Waals surface area contributed by atoms with Crippen LogP contribution < -0.4 is 0 Å². The van der Waals surface area contributed by atoms with Gasteiger partial charge in [0.2, 0.25) is 0 Å². The topological polar surface area (TPSA) is 84.2 Å². The molecule has 0 amide bonds. The van der Waals surface area contributed by atoms with E-state index in [4.69, 9.17) is 20.1 Å². The summed E-state index contributed by atoms with van der Waals surface area (Å²) in [5.74, 6) is 0. The van der Waals surface area contributed by atoms with Crippen molar-refractivity contribution in [3.05, 3.63) is 23.8 Å². The average Bonchev–Trinajstić information content (AvgIpc) is 2.04. The summed E-state index contributed by atoms with van der Waals surface area (Å²) in [6.45, 7) is 0.251. The zero-order valence-electron chi connectivity index (χ0n) is 6.33. The molecule has 4 N–H and O–H groups in total. The third-order valence-electron chi connectivity index (χ3n) is 1.59. The largest absolute Gasteiger partial charge is 0.587 e. The van der Waals surface area contributed by atoms with Gasteiger partial charge in [0.15, 0.2) is 0 Å². The van der Waals surface area contributed by atoms with E-state index in [9.17, 15) is 0 Å². The zero-order chi connectivity index (χ0) is 9.14. The lowest BCUT2D eigenvalue weighted by molar-refractivity contribution is 0.325. The predicted molar refractivity (Wildman–Crippen MR) is 44.3 cm³/mol. The molecular weight excluding hydrogens is 160 g/mol. The van der Waals surface area contributed by atoms with Crippen LogP contribution in [0.15, 0.2) is 23.8 Å². The Morgan fingerprint density at radius 3 is 2.25 bits per heavy atom. The third kappa shape index (κ3) is 2.12. The molecule has 0 aliphatic carbocycles. The third-order valence-corrected chi connectivity index (χ3v) is 1.59. The Labute approximate surface area is 70.6 Å². The summed E-state index contributed by atoms with van der Waals surface area (Å²) in [4.78, 5) is 1.23. The highest BCUT2D eigenvalue weighted by Gasteiger charge is 2.21. The van der Waals surface area contributed by atoms with E-state index < -0.39 is 14.4 Å². The normalized spacial score (nSPS) is 16.0. The summed E-state index contributed by atoms with van der Waals surface area (Å²) in [5.41, 5.74) is 0.354. The molecule has 0 atom stereocenters. The SMILES string of the molecule is OB(O)C1=CCN(B(O)O)C=C1. The van der Waals surface area contributed by atoms with Crippen LogP contribution >= 0.6 is 0 Å². The molecule has 64 valence electrons. The van der Waals surface area contributed by atoms with Crippen molar-refractivity contribution >= 4 is 14.4 Å². The maximum Gasteiger partial charge on any atom is 0.587 e. The van der Waals surface area contributed by atoms with Crippen molar-refractivity contribution in [3.8, 4) is 0 Å². The molecule has 1 aliphatic heterocycles. The molecule has 0 aromatic rings. The molecule has 0 saturated carbocycles. The number of hydrogen-bond donors (Lipinski definition) is 4. The molecule has 0 fully saturated rings. The van der Waals surface area contributed by atoms with Gasteiger partial charge in [0.05, 0.1) is 0 Å². The van der Waals surface area contributed by atoms with Gasteiger partial charge in [0, 0.05) is 6.54 Å². The van der Waals surface area contributed by atoms with E-state index in [0.29, 0.717) is 5.47 Å². The molecule has 12 heavy (non-hydrogen) atoms. The van der Waals surface area contributed by atoms with Crippen LogP contribution in [0.3, 0.4) is 0 Å². The Balaban J connectivity index is 2.55. The Hall–Kier alpha value is -0.750. The van der Waals surface area contributed by atoms with E-state index in [0.717, 1.165) is 0 Å². The van der Waals surface area contributed by atoms with E-state index in [1.54, 1.807) is 0 Å². The van der Waals surface area contributed by atoms with Gasteiger partial charge < -0.3 is 24.9 Å². The van der Waals surface area contributed by atoms with Crippen molar-refractivity contribution in [1.29, 1.82) is 0 Å². The Bertz CT molecular complexity index is 215. The Morgan fingerprint density at radius 1 is 1.25 bits per heavy atom. The van der Waals surface area contributed by atoms with E-state index in [1.165, 1.54) is 23.2 Å². The fourth-order valence-electron chi connectivity index (χ4n) is 0.884. The van der Waals surface area contributed by atoms with Crippen LogP contribution in [0.1, 0.15) is 0 Å². The molecule has 0 aromatic carbocycles. The molecule has 0 aromatic heterocycles. The molecule has 0 bridgehead atoms. The van der Waals surface area contributed by atoms with Crippen molar-refractivity contribution in [2.45, 2.75) is 0 Å². The van der Waals surface area contributed by atoms with E-state index in [-0.39, 0.29) is 6.54 Å². The van der Waals surface area contributed by atoms with Gasteiger partial charge in [-0.15, -0.1) is 0 Å². The molecule has 0 saturated heterocycles. The lowest BCUT2D eigenvalue weighted by Crippen LogP contribution is -2.37. The minimum absolute atomic E-state index is 0.251. The van der Waals surface area contributed by atoms with Crippen LogP contribution in [0.4, 0.5) is 0 Å². The summed E-state index contributed by atoms with van der Waals surface area (Å²) < 4.78 is 0. The minimum Gasteiger partial charge on any atom is -0.423 e. The van der Waals surface area contributed by atoms with E-state index >= 15 is 0 Å². The van der Waals surface area contributed by atoms with Crippen LogP contribution in [0, 0.1) is 0 Å². The standard InChI is InChI=1S/C5H9B2NO4/c9-6(10)5-1-3-8(4-2-5)7(11)12/h1-3,9-12H,4H2. The molecule has 7 heteroatoms. The molecule has 0 radical (unpaired) electrons. The number of rotatable bonds is 2. The van der Waals surface area contributed by atoms with Crippen molar-refractivity contribution < 1.29 is 20.1 Å². The number of hydrogen-bond acceptors (Lipinski definition) is 5. The first-order chi connectivity index (χ1) is 5.61. The smallest absolute Gasteiger partial charge is 0.423 e. The number of allylic oxidation sites excluding steroid dienone is 2. The second-order valence-corrected chi connectivity index (χ2v) is 2.44. The van der Waals surface area contributed by atoms with Gasteiger partial charge in [0.1, 0.15) is 0 Å². The summed E-state index contributed by atoms with van der Waals surface area (Å²) in [6, 6.07) is 0. The van der Waals surface area contributed by atoms with Gasteiger partial charge in [-0.05, 0) is 17.7 Å². The number of nitrogens with zero attached hydrogens (tertiary/aromatic N) is 1. The molecule has 1 aliphatic rings. The molecule has 1 heterocycles. The first-order valence-electron chi connectivity index (χ1n) is 3.47. The summed E-state index contributed by atoms with van der Waals surface area (Å²) in [7, 11) is -3.05. The highest BCUT2D eigenvalue weighted by Crippen LogP contribution is 2.07. The lowest BCUT2D eigenvalue weighted by Gasteiger charge is -2.20. The molecule has 0 spiro atoms. The Morgan fingerprint density at radius 2 is 1.92 bits per heavy atom. The van der Waals surface area contributed by atoms with Crippen molar-refractivity contribution in [3.63, 3.8) is 0 Å². The molecule has 5 nitrogen and oxygen atoms in total. The van der Waals surface area contributed by atoms with Gasteiger partial charge in [-0.2, -0.15) is 0 Å².